The van der Waals surface area contributed by atoms with Crippen LogP contribution in [-0.4, -0.2) is 19.9 Å². The van der Waals surface area contributed by atoms with Crippen LogP contribution >= 0.6 is 0 Å². The van der Waals surface area contributed by atoms with E-state index in [1.165, 1.54) is 32.3 Å². The van der Waals surface area contributed by atoms with Gasteiger partial charge in [-0.25, -0.2) is 9.97 Å². The maximum absolute atomic E-state index is 5.15. The van der Waals surface area contributed by atoms with Crippen LogP contribution in [0.2, 0.25) is 0 Å². The lowest BCUT2D eigenvalue weighted by Gasteiger charge is -2.12. The van der Waals surface area contributed by atoms with E-state index in [-0.39, 0.29) is 0 Å². The first-order valence-electron chi connectivity index (χ1n) is 19.6. The third kappa shape index (κ3) is 5.23. The van der Waals surface area contributed by atoms with Crippen molar-refractivity contribution in [2.24, 2.45) is 0 Å². The Hall–Kier alpha value is -7.82. The smallest absolute Gasteiger partial charge is 0.0970 e. The molecule has 4 aromatic heterocycles. The molecular weight excluding hydrogens is 705 g/mol. The molecule has 0 amide bonds. The lowest BCUT2D eigenvalue weighted by molar-refractivity contribution is 1.37. The van der Waals surface area contributed by atoms with E-state index >= 15 is 0 Å². The first-order chi connectivity index (χ1) is 28.7. The molecule has 0 spiro atoms. The van der Waals surface area contributed by atoms with Crippen molar-refractivity contribution in [3.63, 3.8) is 0 Å². The molecule has 0 aliphatic heterocycles. The summed E-state index contributed by atoms with van der Waals surface area (Å²) >= 11 is 0. The van der Waals surface area contributed by atoms with Crippen LogP contribution in [0.15, 0.2) is 194 Å². The Bertz CT molecular complexity index is 3590. The molecule has 0 atom stereocenters. The zero-order valence-corrected chi connectivity index (χ0v) is 31.3. The van der Waals surface area contributed by atoms with E-state index in [1.807, 2.05) is 18.5 Å². The van der Waals surface area contributed by atoms with Crippen LogP contribution < -0.4 is 0 Å². The molecule has 0 saturated carbocycles. The summed E-state index contributed by atoms with van der Waals surface area (Å²) in [6.07, 6.45) is 3.70. The second-order valence-corrected chi connectivity index (χ2v) is 15.0. The van der Waals surface area contributed by atoms with Crippen LogP contribution in [0.5, 0.6) is 0 Å². The van der Waals surface area contributed by atoms with E-state index in [4.69, 9.17) is 9.97 Å². The van der Waals surface area contributed by atoms with Gasteiger partial charge in [0, 0.05) is 45.1 Å². The summed E-state index contributed by atoms with van der Waals surface area (Å²) in [5, 5.41) is 12.0. The highest BCUT2D eigenvalue weighted by Gasteiger charge is 2.13. The molecule has 0 radical (unpaired) electrons. The number of pyridine rings is 4. The van der Waals surface area contributed by atoms with E-state index < -0.39 is 0 Å². The van der Waals surface area contributed by atoms with Gasteiger partial charge in [-0.3, -0.25) is 9.97 Å². The molecular formula is C54H32N4. The van der Waals surface area contributed by atoms with E-state index in [0.717, 1.165) is 88.4 Å². The topological polar surface area (TPSA) is 51.6 Å². The standard InChI is InChI=1S/C54H32N4/c1-2-9-44-42(7-1)43-8-3-4-10-45(43)48-32-40(16-21-46(44)48)52-26-20-39-31-37(18-24-51(39)58-52)36-17-23-50-38(30-36)19-25-49(57-50)34-13-11-33(12-14-34)41-27-29-56-54-47(41)22-15-35-6-5-28-55-53(35)54/h1-32H. The number of benzene rings is 8. The SMILES string of the molecule is c1cnc2c(c1)ccc1c(-c3ccc(-c4ccc5cc(-c6ccc7nc(-c8ccc9c%10ccccc%10c%10ccccc%10c9c8)ccc7c6)ccc5n4)cc3)ccnc12. The lowest BCUT2D eigenvalue weighted by Crippen LogP contribution is -1.89. The molecule has 4 heteroatoms. The molecule has 0 N–H and O–H groups in total. The molecule has 0 fully saturated rings. The van der Waals surface area contributed by atoms with Crippen molar-refractivity contribution in [2.75, 3.05) is 0 Å². The second kappa shape index (κ2) is 12.9. The molecule has 268 valence electrons. The predicted octanol–water partition coefficient (Wildman–Crippen LogP) is 14.0. The fourth-order valence-electron chi connectivity index (χ4n) is 8.82. The van der Waals surface area contributed by atoms with Crippen molar-refractivity contribution < 1.29 is 0 Å². The minimum atomic E-state index is 0.921. The second-order valence-electron chi connectivity index (χ2n) is 15.0. The van der Waals surface area contributed by atoms with Gasteiger partial charge in [-0.05, 0) is 109 Å². The van der Waals surface area contributed by atoms with Crippen LogP contribution in [0, 0.1) is 0 Å². The summed E-state index contributed by atoms with van der Waals surface area (Å²) in [4.78, 5) is 19.5. The highest BCUT2D eigenvalue weighted by atomic mass is 14.7. The molecule has 8 aromatic carbocycles. The van der Waals surface area contributed by atoms with Gasteiger partial charge in [0.25, 0.3) is 0 Å². The third-order valence-corrected chi connectivity index (χ3v) is 11.7. The van der Waals surface area contributed by atoms with Crippen molar-refractivity contribution >= 4 is 75.9 Å². The molecule has 0 bridgehead atoms. The van der Waals surface area contributed by atoms with E-state index in [1.54, 1.807) is 0 Å². The highest BCUT2D eigenvalue weighted by molar-refractivity contribution is 6.25. The Labute approximate surface area is 333 Å². The van der Waals surface area contributed by atoms with Crippen LogP contribution in [0.4, 0.5) is 0 Å². The Kier molecular flexibility index (Phi) is 7.20. The first-order valence-corrected chi connectivity index (χ1v) is 19.6. The fourth-order valence-corrected chi connectivity index (χ4v) is 8.82. The van der Waals surface area contributed by atoms with Crippen LogP contribution in [0.1, 0.15) is 0 Å². The van der Waals surface area contributed by atoms with Crippen LogP contribution in [-0.2, 0) is 0 Å². The maximum atomic E-state index is 5.15. The number of nitrogens with zero attached hydrogens (tertiary/aromatic N) is 4. The summed E-state index contributed by atoms with van der Waals surface area (Å²) in [6, 6.07) is 64.9. The van der Waals surface area contributed by atoms with Crippen molar-refractivity contribution in [1.82, 2.24) is 19.9 Å². The number of fused-ring (bicyclic) bond motifs is 11. The summed E-state index contributed by atoms with van der Waals surface area (Å²) in [5.41, 5.74) is 12.5. The minimum Gasteiger partial charge on any atom is -0.254 e. The molecule has 0 saturated heterocycles. The van der Waals surface area contributed by atoms with E-state index in [0.29, 0.717) is 0 Å². The number of rotatable bonds is 4. The quantitative estimate of drug-likeness (QED) is 0.169. The Morgan fingerprint density at radius 1 is 0.276 bits per heavy atom. The van der Waals surface area contributed by atoms with Crippen molar-refractivity contribution in [3.05, 3.63) is 194 Å². The third-order valence-electron chi connectivity index (χ3n) is 11.7. The van der Waals surface area contributed by atoms with Gasteiger partial charge >= 0.3 is 0 Å². The Morgan fingerprint density at radius 2 is 0.793 bits per heavy atom. The molecule has 12 rings (SSSR count). The Morgan fingerprint density at radius 3 is 1.47 bits per heavy atom. The largest absolute Gasteiger partial charge is 0.254 e. The highest BCUT2D eigenvalue weighted by Crippen LogP contribution is 2.38. The molecule has 0 aliphatic carbocycles. The fraction of sp³-hybridized carbons (Fsp3) is 0. The maximum Gasteiger partial charge on any atom is 0.0970 e. The zero-order chi connectivity index (χ0) is 38.2. The number of hydrogen-bond donors (Lipinski definition) is 0. The monoisotopic (exact) mass is 736 g/mol. The van der Waals surface area contributed by atoms with Crippen molar-refractivity contribution in [1.29, 1.82) is 0 Å². The van der Waals surface area contributed by atoms with E-state index in [9.17, 15) is 0 Å². The van der Waals surface area contributed by atoms with Gasteiger partial charge in [-0.15, -0.1) is 0 Å². The summed E-state index contributed by atoms with van der Waals surface area (Å²) in [5.74, 6) is 0. The van der Waals surface area contributed by atoms with Gasteiger partial charge in [0.1, 0.15) is 0 Å². The first kappa shape index (κ1) is 32.4. The molecule has 0 unspecified atom stereocenters. The predicted molar refractivity (Wildman–Crippen MR) is 242 cm³/mol. The van der Waals surface area contributed by atoms with Gasteiger partial charge < -0.3 is 0 Å². The van der Waals surface area contributed by atoms with Crippen LogP contribution in [0.25, 0.3) is 121 Å². The average Bonchev–Trinajstić information content (AvgIpc) is 3.30. The van der Waals surface area contributed by atoms with Gasteiger partial charge in [0.2, 0.25) is 0 Å². The summed E-state index contributed by atoms with van der Waals surface area (Å²) in [7, 11) is 0. The van der Waals surface area contributed by atoms with Gasteiger partial charge in [-0.1, -0.05) is 127 Å². The summed E-state index contributed by atoms with van der Waals surface area (Å²) < 4.78 is 0. The number of hydrogen-bond acceptors (Lipinski definition) is 4. The Balaban J connectivity index is 0.832. The minimum absolute atomic E-state index is 0.921. The normalized spacial score (nSPS) is 11.8. The van der Waals surface area contributed by atoms with Gasteiger partial charge in [-0.2, -0.15) is 0 Å². The average molecular weight is 737 g/mol. The van der Waals surface area contributed by atoms with Crippen molar-refractivity contribution in [3.8, 4) is 44.8 Å². The molecule has 4 heterocycles. The van der Waals surface area contributed by atoms with Gasteiger partial charge in [0.05, 0.1) is 33.5 Å². The van der Waals surface area contributed by atoms with Crippen LogP contribution in [0.3, 0.4) is 0 Å². The summed E-state index contributed by atoms with van der Waals surface area (Å²) in [6.45, 7) is 0. The molecule has 58 heavy (non-hydrogen) atoms. The van der Waals surface area contributed by atoms with E-state index in [2.05, 4.69) is 186 Å². The zero-order valence-electron chi connectivity index (χ0n) is 31.3. The number of aromatic nitrogens is 4. The lowest BCUT2D eigenvalue weighted by atomic mass is 9.93. The molecule has 0 aliphatic rings. The molecule has 12 aromatic rings. The molecule has 4 nitrogen and oxygen atoms in total. The van der Waals surface area contributed by atoms with Gasteiger partial charge in [0.15, 0.2) is 0 Å². The van der Waals surface area contributed by atoms with Crippen molar-refractivity contribution in [2.45, 2.75) is 0 Å².